The van der Waals surface area contributed by atoms with Gasteiger partial charge in [0.25, 0.3) is 0 Å². The predicted molar refractivity (Wildman–Crippen MR) is 136 cm³/mol. The third-order valence-corrected chi connectivity index (χ3v) is 7.43. The molecule has 2 fully saturated rings. The van der Waals surface area contributed by atoms with Crippen LogP contribution in [-0.4, -0.2) is 42.4 Å². The van der Waals surface area contributed by atoms with Gasteiger partial charge in [0.2, 0.25) is 11.8 Å². The monoisotopic (exact) mass is 510 g/mol. The number of nitrogens with one attached hydrogen (secondary N) is 1. The summed E-state index contributed by atoms with van der Waals surface area (Å²) in [5, 5.41) is 2.90. The van der Waals surface area contributed by atoms with Crippen molar-refractivity contribution in [3.05, 3.63) is 65.5 Å². The molecule has 0 aromatic heterocycles. The van der Waals surface area contributed by atoms with Gasteiger partial charge in [-0.3, -0.25) is 14.4 Å². The number of nitrogens with zero attached hydrogens (tertiary/aromatic N) is 1. The van der Waals surface area contributed by atoms with Crippen molar-refractivity contribution >= 4 is 17.8 Å². The lowest BCUT2D eigenvalue weighted by Gasteiger charge is -2.35. The van der Waals surface area contributed by atoms with E-state index in [0.29, 0.717) is 5.75 Å². The fourth-order valence-corrected chi connectivity index (χ4v) is 5.53. The van der Waals surface area contributed by atoms with Gasteiger partial charge in [-0.2, -0.15) is 0 Å². The number of likely N-dealkylation sites (tertiary alicyclic amines) is 1. The van der Waals surface area contributed by atoms with Crippen molar-refractivity contribution in [3.8, 4) is 5.75 Å². The van der Waals surface area contributed by atoms with E-state index in [9.17, 15) is 18.8 Å². The van der Waals surface area contributed by atoms with Crippen molar-refractivity contribution in [2.24, 2.45) is 11.8 Å². The highest BCUT2D eigenvalue weighted by molar-refractivity contribution is 5.91. The van der Waals surface area contributed by atoms with Gasteiger partial charge in [0.15, 0.2) is 0 Å². The highest BCUT2D eigenvalue weighted by atomic mass is 19.1. The Morgan fingerprint density at radius 2 is 1.68 bits per heavy atom. The first kappa shape index (κ1) is 26.6. The minimum atomic E-state index is -0.823. The van der Waals surface area contributed by atoms with E-state index in [1.54, 1.807) is 43.2 Å². The van der Waals surface area contributed by atoms with E-state index in [1.165, 1.54) is 12.1 Å². The van der Waals surface area contributed by atoms with E-state index >= 15 is 0 Å². The summed E-state index contributed by atoms with van der Waals surface area (Å²) in [4.78, 5) is 42.3. The highest BCUT2D eigenvalue weighted by Gasteiger charge is 2.52. The van der Waals surface area contributed by atoms with Crippen LogP contribution in [0.25, 0.3) is 0 Å². The number of carbonyl (C=O) groups is 3. The summed E-state index contributed by atoms with van der Waals surface area (Å²) in [7, 11) is 1.58. The van der Waals surface area contributed by atoms with E-state index in [1.807, 2.05) is 12.1 Å². The van der Waals surface area contributed by atoms with Crippen molar-refractivity contribution in [1.82, 2.24) is 10.2 Å². The van der Waals surface area contributed by atoms with E-state index < -0.39 is 24.0 Å². The molecule has 37 heavy (non-hydrogen) atoms. The molecule has 4 rings (SSSR count). The maximum absolute atomic E-state index is 14.0. The lowest BCUT2D eigenvalue weighted by Crippen LogP contribution is -2.49. The second-order valence-electron chi connectivity index (χ2n) is 9.75. The second kappa shape index (κ2) is 12.2. The van der Waals surface area contributed by atoms with Crippen LogP contribution in [-0.2, 0) is 25.7 Å². The fourth-order valence-electron chi connectivity index (χ4n) is 5.53. The fraction of sp³-hybridized carbons (Fsp3) is 0.483. The van der Waals surface area contributed by atoms with Crippen LogP contribution < -0.4 is 10.1 Å². The molecule has 1 heterocycles. The molecule has 0 bridgehead atoms. The number of hydrogen-bond acceptors (Lipinski definition) is 5. The van der Waals surface area contributed by atoms with Crippen molar-refractivity contribution in [3.63, 3.8) is 0 Å². The molecule has 3 atom stereocenters. The largest absolute Gasteiger partial charge is 0.497 e. The molecule has 1 aliphatic carbocycles. The van der Waals surface area contributed by atoms with Gasteiger partial charge >= 0.3 is 5.97 Å². The normalized spacial score (nSPS) is 21.9. The molecule has 2 aromatic carbocycles. The zero-order valence-electron chi connectivity index (χ0n) is 21.5. The Labute approximate surface area is 217 Å². The van der Waals surface area contributed by atoms with Gasteiger partial charge in [0.1, 0.15) is 17.6 Å². The minimum Gasteiger partial charge on any atom is -0.497 e. The molecule has 2 amide bonds. The summed E-state index contributed by atoms with van der Waals surface area (Å²) in [5.74, 6) is -1.39. The quantitative estimate of drug-likeness (QED) is 0.527. The Morgan fingerprint density at radius 1 is 1.00 bits per heavy atom. The van der Waals surface area contributed by atoms with Crippen molar-refractivity contribution < 1.29 is 28.2 Å². The van der Waals surface area contributed by atoms with Crippen LogP contribution in [0.15, 0.2) is 48.5 Å². The van der Waals surface area contributed by atoms with Crippen molar-refractivity contribution in [1.29, 1.82) is 0 Å². The van der Waals surface area contributed by atoms with Crippen LogP contribution in [0.5, 0.6) is 5.75 Å². The second-order valence-corrected chi connectivity index (χ2v) is 9.75. The standard InChI is InChI=1S/C29H35FN2O5/c1-3-37-29(35)24-17-25(27(33)31-18-19-9-13-22(30)14-10-19)32(28(34)21-7-5-4-6-8-21)26(24)20-11-15-23(36-2)16-12-20/h9-16,21,24-26H,3-8,17-18H2,1-2H3,(H,31,33). The van der Waals surface area contributed by atoms with Crippen LogP contribution in [0, 0.1) is 17.7 Å². The smallest absolute Gasteiger partial charge is 0.311 e. The number of methoxy groups -OCH3 is 1. The summed E-state index contributed by atoms with van der Waals surface area (Å²) in [6.07, 6.45) is 4.76. The predicted octanol–water partition coefficient (Wildman–Crippen LogP) is 4.55. The minimum absolute atomic E-state index is 0.0887. The molecule has 2 aromatic rings. The molecular weight excluding hydrogens is 475 g/mol. The van der Waals surface area contributed by atoms with Gasteiger partial charge in [-0.05, 0) is 61.6 Å². The van der Waals surface area contributed by atoms with Crippen LogP contribution in [0.3, 0.4) is 0 Å². The number of esters is 1. The molecule has 1 saturated heterocycles. The summed E-state index contributed by atoms with van der Waals surface area (Å²) >= 11 is 0. The maximum Gasteiger partial charge on any atom is 0.311 e. The number of rotatable bonds is 8. The third-order valence-electron chi connectivity index (χ3n) is 7.43. The van der Waals surface area contributed by atoms with Crippen molar-refractivity contribution in [2.45, 2.75) is 64.1 Å². The molecule has 0 spiro atoms. The summed E-state index contributed by atoms with van der Waals surface area (Å²) in [5.41, 5.74) is 1.50. The molecular formula is C29H35FN2O5. The Kier molecular flexibility index (Phi) is 8.79. The lowest BCUT2D eigenvalue weighted by atomic mass is 9.87. The topological polar surface area (TPSA) is 84.9 Å². The lowest BCUT2D eigenvalue weighted by molar-refractivity contribution is -0.150. The maximum atomic E-state index is 14.0. The molecule has 1 N–H and O–H groups in total. The van der Waals surface area contributed by atoms with Crippen LogP contribution in [0.4, 0.5) is 4.39 Å². The summed E-state index contributed by atoms with van der Waals surface area (Å²) in [6.45, 7) is 2.15. The zero-order valence-corrected chi connectivity index (χ0v) is 21.5. The van der Waals surface area contributed by atoms with Gasteiger partial charge in [0, 0.05) is 12.5 Å². The van der Waals surface area contributed by atoms with Gasteiger partial charge in [0.05, 0.1) is 25.7 Å². The number of hydrogen-bond donors (Lipinski definition) is 1. The van der Waals surface area contributed by atoms with Gasteiger partial charge in [-0.25, -0.2) is 4.39 Å². The van der Waals surface area contributed by atoms with Gasteiger partial charge in [-0.1, -0.05) is 43.5 Å². The molecule has 8 heteroatoms. The van der Waals surface area contributed by atoms with E-state index in [0.717, 1.165) is 43.2 Å². The molecule has 7 nitrogen and oxygen atoms in total. The average molecular weight is 511 g/mol. The first-order chi connectivity index (χ1) is 17.9. The third kappa shape index (κ3) is 6.12. The molecule has 1 aliphatic heterocycles. The van der Waals surface area contributed by atoms with Crippen LogP contribution in [0.2, 0.25) is 0 Å². The molecule has 1 saturated carbocycles. The van der Waals surface area contributed by atoms with Crippen LogP contribution >= 0.6 is 0 Å². The Hall–Kier alpha value is -3.42. The Morgan fingerprint density at radius 3 is 2.30 bits per heavy atom. The summed E-state index contributed by atoms with van der Waals surface area (Å²) < 4.78 is 24.0. The summed E-state index contributed by atoms with van der Waals surface area (Å²) in [6, 6.07) is 11.7. The molecule has 0 radical (unpaired) electrons. The molecule has 3 unspecified atom stereocenters. The van der Waals surface area contributed by atoms with E-state index in [2.05, 4.69) is 5.32 Å². The van der Waals surface area contributed by atoms with Gasteiger partial charge < -0.3 is 19.7 Å². The number of benzene rings is 2. The zero-order chi connectivity index (χ0) is 26.4. The number of ether oxygens (including phenoxy) is 2. The average Bonchev–Trinajstić information content (AvgIpc) is 3.34. The molecule has 2 aliphatic rings. The Balaban J connectivity index is 1.67. The number of halogens is 1. The number of amides is 2. The molecule has 198 valence electrons. The van der Waals surface area contributed by atoms with Crippen molar-refractivity contribution in [2.75, 3.05) is 13.7 Å². The number of carbonyl (C=O) groups excluding carboxylic acids is 3. The Bertz CT molecular complexity index is 1080. The SMILES string of the molecule is CCOC(=O)C1CC(C(=O)NCc2ccc(F)cc2)N(C(=O)C2CCCCC2)C1c1ccc(OC)cc1. The van der Waals surface area contributed by atoms with E-state index in [4.69, 9.17) is 9.47 Å². The van der Waals surface area contributed by atoms with Crippen LogP contribution in [0.1, 0.15) is 62.6 Å². The van der Waals surface area contributed by atoms with Gasteiger partial charge in [-0.15, -0.1) is 0 Å². The first-order valence-corrected chi connectivity index (χ1v) is 13.1. The van der Waals surface area contributed by atoms with E-state index in [-0.39, 0.29) is 43.1 Å². The highest BCUT2D eigenvalue weighted by Crippen LogP contribution is 2.44. The first-order valence-electron chi connectivity index (χ1n) is 13.1.